The number of H-pyrrole nitrogens is 1. The number of rotatable bonds is 20. The van der Waals surface area contributed by atoms with Gasteiger partial charge in [0.05, 0.1) is 19.1 Å². The number of aromatic nitrogens is 3. The number of esters is 1. The first kappa shape index (κ1) is 33.3. The predicted octanol–water partition coefficient (Wildman–Crippen LogP) is 4.93. The molecular formula is C33H44N6O6. The SMILES string of the molecule is CCCCOC(=O)COc1cc(Nc2ncnc3[nH]cc(CN(C)CCCNC)c23)ccc1OCCOc1ccc(OC)cc1. The third-order valence-electron chi connectivity index (χ3n) is 6.94. The van der Waals surface area contributed by atoms with Crippen molar-refractivity contribution >= 4 is 28.5 Å². The Morgan fingerprint density at radius 3 is 2.53 bits per heavy atom. The predicted molar refractivity (Wildman–Crippen MR) is 174 cm³/mol. The molecule has 0 fully saturated rings. The Bertz CT molecular complexity index is 1480. The van der Waals surface area contributed by atoms with E-state index < -0.39 is 5.97 Å². The molecule has 3 N–H and O–H groups in total. The Balaban J connectivity index is 1.47. The van der Waals surface area contributed by atoms with Crippen LogP contribution in [0.3, 0.4) is 0 Å². The van der Waals surface area contributed by atoms with Crippen LogP contribution >= 0.6 is 0 Å². The normalized spacial score (nSPS) is 11.0. The summed E-state index contributed by atoms with van der Waals surface area (Å²) in [6.45, 7) is 5.39. The van der Waals surface area contributed by atoms with Crippen LogP contribution in [-0.4, -0.2) is 86.5 Å². The topological polar surface area (TPSA) is 132 Å². The molecule has 0 aliphatic rings. The van der Waals surface area contributed by atoms with Crippen molar-refractivity contribution in [2.24, 2.45) is 0 Å². The maximum absolute atomic E-state index is 12.3. The molecule has 2 aromatic heterocycles. The Morgan fingerprint density at radius 2 is 1.76 bits per heavy atom. The van der Waals surface area contributed by atoms with Crippen LogP contribution in [0.1, 0.15) is 31.7 Å². The molecule has 0 bridgehead atoms. The van der Waals surface area contributed by atoms with Crippen LogP contribution in [-0.2, 0) is 16.1 Å². The van der Waals surface area contributed by atoms with Crippen LogP contribution in [0.25, 0.3) is 11.0 Å². The van der Waals surface area contributed by atoms with Crippen molar-refractivity contribution in [2.75, 3.05) is 66.0 Å². The van der Waals surface area contributed by atoms with Crippen LogP contribution in [0.2, 0.25) is 0 Å². The average Bonchev–Trinajstić information content (AvgIpc) is 3.46. The third kappa shape index (κ3) is 10.3. The van der Waals surface area contributed by atoms with E-state index >= 15 is 0 Å². The number of hydrogen-bond donors (Lipinski definition) is 3. The fourth-order valence-electron chi connectivity index (χ4n) is 4.59. The van der Waals surface area contributed by atoms with Gasteiger partial charge in [0.15, 0.2) is 18.1 Å². The van der Waals surface area contributed by atoms with Gasteiger partial charge in [-0.1, -0.05) is 13.3 Å². The lowest BCUT2D eigenvalue weighted by molar-refractivity contribution is -0.146. The molecule has 0 saturated heterocycles. The summed E-state index contributed by atoms with van der Waals surface area (Å²) in [5.74, 6) is 2.54. The number of carbonyl (C=O) groups is 1. The summed E-state index contributed by atoms with van der Waals surface area (Å²) in [6.07, 6.45) is 6.28. The molecule has 2 heterocycles. The highest BCUT2D eigenvalue weighted by molar-refractivity contribution is 5.92. The van der Waals surface area contributed by atoms with Gasteiger partial charge in [0, 0.05) is 24.5 Å². The first-order valence-electron chi connectivity index (χ1n) is 15.2. The highest BCUT2D eigenvalue weighted by Crippen LogP contribution is 2.33. The molecule has 0 aliphatic carbocycles. The standard InChI is InChI=1S/C33H44N6O6/c1-5-6-16-44-30(40)22-45-29-19-25(8-13-28(29)43-18-17-42-27-11-9-26(41-4)10-12-27)38-33-31-24(20-35-32(31)36-23-37-33)21-39(3)15-7-14-34-2/h8-13,19-20,23,34H,5-7,14-18,21-22H2,1-4H3,(H2,35,36,37,38). The number of unbranched alkanes of at least 4 members (excludes halogenated alkanes) is 1. The molecule has 0 saturated carbocycles. The molecule has 12 heteroatoms. The molecule has 0 atom stereocenters. The van der Waals surface area contributed by atoms with Gasteiger partial charge in [-0.15, -0.1) is 0 Å². The summed E-state index contributed by atoms with van der Waals surface area (Å²) in [5.41, 5.74) is 2.54. The van der Waals surface area contributed by atoms with Crippen LogP contribution in [0.15, 0.2) is 55.0 Å². The number of benzene rings is 2. The molecule has 0 unspecified atom stereocenters. The van der Waals surface area contributed by atoms with Crippen molar-refractivity contribution in [2.45, 2.75) is 32.7 Å². The summed E-state index contributed by atoms with van der Waals surface area (Å²) in [4.78, 5) is 26.8. The van der Waals surface area contributed by atoms with Gasteiger partial charge in [-0.2, -0.15) is 0 Å². The zero-order valence-electron chi connectivity index (χ0n) is 26.6. The van der Waals surface area contributed by atoms with Gasteiger partial charge >= 0.3 is 5.97 Å². The molecule has 0 amide bonds. The lowest BCUT2D eigenvalue weighted by Gasteiger charge is -2.17. The second-order valence-corrected chi connectivity index (χ2v) is 10.5. The Hall–Kier alpha value is -4.55. The molecule has 0 radical (unpaired) electrons. The summed E-state index contributed by atoms with van der Waals surface area (Å²) >= 11 is 0. The monoisotopic (exact) mass is 620 g/mol. The number of nitrogens with one attached hydrogen (secondary N) is 3. The van der Waals surface area contributed by atoms with Gasteiger partial charge in [0.25, 0.3) is 0 Å². The summed E-state index contributed by atoms with van der Waals surface area (Å²) in [5, 5.41) is 7.51. The van der Waals surface area contributed by atoms with E-state index in [9.17, 15) is 4.79 Å². The minimum absolute atomic E-state index is 0.245. The number of nitrogens with zero attached hydrogens (tertiary/aromatic N) is 3. The van der Waals surface area contributed by atoms with Gasteiger partial charge in [0.1, 0.15) is 42.5 Å². The maximum atomic E-state index is 12.3. The fourth-order valence-corrected chi connectivity index (χ4v) is 4.59. The summed E-state index contributed by atoms with van der Waals surface area (Å²) in [7, 11) is 5.68. The third-order valence-corrected chi connectivity index (χ3v) is 6.94. The summed E-state index contributed by atoms with van der Waals surface area (Å²) in [6, 6.07) is 12.8. The number of carbonyl (C=O) groups excluding carboxylic acids is 1. The molecule has 242 valence electrons. The average molecular weight is 621 g/mol. The lowest BCUT2D eigenvalue weighted by Crippen LogP contribution is -2.22. The summed E-state index contributed by atoms with van der Waals surface area (Å²) < 4.78 is 28.2. The van der Waals surface area contributed by atoms with Crippen molar-refractivity contribution in [1.29, 1.82) is 0 Å². The van der Waals surface area contributed by atoms with E-state index in [4.69, 9.17) is 23.7 Å². The molecule has 45 heavy (non-hydrogen) atoms. The zero-order valence-corrected chi connectivity index (χ0v) is 26.6. The van der Waals surface area contributed by atoms with Crippen molar-refractivity contribution in [3.05, 3.63) is 60.6 Å². The molecular weight excluding hydrogens is 576 g/mol. The number of ether oxygens (including phenoxy) is 5. The molecule has 4 rings (SSSR count). The first-order chi connectivity index (χ1) is 22.0. The number of anilines is 2. The Morgan fingerprint density at radius 1 is 0.956 bits per heavy atom. The maximum Gasteiger partial charge on any atom is 0.344 e. The quantitative estimate of drug-likeness (QED) is 0.0918. The Labute approximate surface area is 264 Å². The Kier molecular flexibility index (Phi) is 13.1. The van der Waals surface area contributed by atoms with E-state index in [1.54, 1.807) is 19.2 Å². The van der Waals surface area contributed by atoms with E-state index in [0.29, 0.717) is 42.0 Å². The zero-order chi connectivity index (χ0) is 31.9. The smallest absolute Gasteiger partial charge is 0.344 e. The van der Waals surface area contributed by atoms with Crippen LogP contribution in [0.4, 0.5) is 11.5 Å². The molecule has 2 aromatic carbocycles. The number of aromatic amines is 1. The number of fused-ring (bicyclic) bond motifs is 1. The van der Waals surface area contributed by atoms with Crippen LogP contribution in [0, 0.1) is 0 Å². The second-order valence-electron chi connectivity index (χ2n) is 10.5. The van der Waals surface area contributed by atoms with E-state index in [1.807, 2.05) is 50.5 Å². The highest BCUT2D eigenvalue weighted by atomic mass is 16.6. The van der Waals surface area contributed by atoms with E-state index in [0.717, 1.165) is 61.2 Å². The van der Waals surface area contributed by atoms with Gasteiger partial charge < -0.3 is 44.2 Å². The van der Waals surface area contributed by atoms with Crippen LogP contribution in [0.5, 0.6) is 23.0 Å². The second kappa shape index (κ2) is 17.7. The van der Waals surface area contributed by atoms with Gasteiger partial charge in [0.2, 0.25) is 0 Å². The van der Waals surface area contributed by atoms with Crippen LogP contribution < -0.4 is 29.6 Å². The van der Waals surface area contributed by atoms with Gasteiger partial charge in [-0.3, -0.25) is 0 Å². The molecule has 4 aromatic rings. The lowest BCUT2D eigenvalue weighted by atomic mass is 10.2. The molecule has 12 nitrogen and oxygen atoms in total. The van der Waals surface area contributed by atoms with Crippen molar-refractivity contribution in [3.63, 3.8) is 0 Å². The molecule has 0 aliphatic heterocycles. The molecule has 0 spiro atoms. The highest BCUT2D eigenvalue weighted by Gasteiger charge is 2.15. The van der Waals surface area contributed by atoms with Gasteiger partial charge in [-0.05, 0) is 82.0 Å². The fraction of sp³-hybridized carbons (Fsp3) is 0.424. The first-order valence-corrected chi connectivity index (χ1v) is 15.2. The van der Waals surface area contributed by atoms with Crippen molar-refractivity contribution < 1.29 is 28.5 Å². The number of methoxy groups -OCH3 is 1. The van der Waals surface area contributed by atoms with E-state index in [2.05, 4.69) is 37.5 Å². The van der Waals surface area contributed by atoms with Crippen molar-refractivity contribution in [1.82, 2.24) is 25.2 Å². The minimum atomic E-state index is -0.441. The van der Waals surface area contributed by atoms with Gasteiger partial charge in [-0.25, -0.2) is 14.8 Å². The minimum Gasteiger partial charge on any atom is -0.497 e. The van der Waals surface area contributed by atoms with E-state index in [-0.39, 0.29) is 13.2 Å². The number of hydrogen-bond acceptors (Lipinski definition) is 11. The largest absolute Gasteiger partial charge is 0.497 e. The van der Waals surface area contributed by atoms with Crippen molar-refractivity contribution in [3.8, 4) is 23.0 Å². The van der Waals surface area contributed by atoms with E-state index in [1.165, 1.54) is 6.33 Å².